The monoisotopic (exact) mass is 427 g/mol. The van der Waals surface area contributed by atoms with Crippen LogP contribution < -0.4 is 15.4 Å². The number of ether oxygens (including phenoxy) is 1. The van der Waals surface area contributed by atoms with Gasteiger partial charge in [-0.3, -0.25) is 14.9 Å². The minimum atomic E-state index is -4.74. The number of anilines is 3. The molecule has 3 N–H and O–H groups in total. The fraction of sp³-hybridized carbons (Fsp3) is 0.316. The summed E-state index contributed by atoms with van der Waals surface area (Å²) in [5.74, 6) is -1.53. The standard InChI is InChI=1S/C19H20F3N3O5/c1-5-14(26)24-15-9(2)10(3)17(25(28)29)16(18(15)27)23-11-6-7-13(30-4)12(8-11)19(20,21)22/h6-8,23,27H,5H2,1-4H3,(H,24,26). The second-order valence-corrected chi connectivity index (χ2v) is 6.39. The molecule has 11 heteroatoms. The molecule has 0 fully saturated rings. The fourth-order valence-electron chi connectivity index (χ4n) is 2.85. The van der Waals surface area contributed by atoms with Gasteiger partial charge in [0.2, 0.25) is 5.91 Å². The molecule has 0 atom stereocenters. The van der Waals surface area contributed by atoms with E-state index in [2.05, 4.69) is 10.6 Å². The topological polar surface area (TPSA) is 114 Å². The van der Waals surface area contributed by atoms with Gasteiger partial charge in [-0.15, -0.1) is 0 Å². The van der Waals surface area contributed by atoms with Gasteiger partial charge < -0.3 is 20.5 Å². The number of hydrogen-bond donors (Lipinski definition) is 3. The molecule has 0 saturated heterocycles. The number of alkyl halides is 3. The Morgan fingerprint density at radius 1 is 1.23 bits per heavy atom. The third-order valence-corrected chi connectivity index (χ3v) is 4.55. The summed E-state index contributed by atoms with van der Waals surface area (Å²) in [6, 6.07) is 2.98. The number of methoxy groups -OCH3 is 1. The third kappa shape index (κ3) is 4.39. The summed E-state index contributed by atoms with van der Waals surface area (Å²) in [6.07, 6.45) is -4.65. The molecular weight excluding hydrogens is 407 g/mol. The maximum Gasteiger partial charge on any atom is 0.420 e. The molecule has 1 amide bonds. The van der Waals surface area contributed by atoms with Gasteiger partial charge in [0.1, 0.15) is 5.75 Å². The molecule has 2 aromatic carbocycles. The molecule has 0 saturated carbocycles. The maximum atomic E-state index is 13.3. The average Bonchev–Trinajstić information content (AvgIpc) is 2.68. The molecule has 0 spiro atoms. The number of amides is 1. The first-order valence-corrected chi connectivity index (χ1v) is 8.74. The number of carbonyl (C=O) groups excluding carboxylic acids is 1. The van der Waals surface area contributed by atoms with Crippen LogP contribution in [0.3, 0.4) is 0 Å². The van der Waals surface area contributed by atoms with Crippen molar-refractivity contribution < 1.29 is 32.7 Å². The SMILES string of the molecule is CCC(=O)Nc1c(C)c(C)c([N+](=O)[O-])c(Nc2ccc(OC)c(C(F)(F)F)c2)c1O. The molecule has 162 valence electrons. The molecule has 0 aromatic heterocycles. The first-order chi connectivity index (χ1) is 13.9. The van der Waals surface area contributed by atoms with Crippen LogP contribution in [0.25, 0.3) is 0 Å². The second-order valence-electron chi connectivity index (χ2n) is 6.39. The summed E-state index contributed by atoms with van der Waals surface area (Å²) in [6.45, 7) is 4.47. The number of aromatic hydroxyl groups is 1. The van der Waals surface area contributed by atoms with Crippen molar-refractivity contribution in [2.45, 2.75) is 33.4 Å². The number of hydrogen-bond acceptors (Lipinski definition) is 6. The zero-order valence-corrected chi connectivity index (χ0v) is 16.6. The highest BCUT2D eigenvalue weighted by atomic mass is 19.4. The van der Waals surface area contributed by atoms with E-state index in [1.54, 1.807) is 6.92 Å². The molecule has 8 nitrogen and oxygen atoms in total. The Labute approximate surface area is 169 Å². The van der Waals surface area contributed by atoms with E-state index in [4.69, 9.17) is 4.74 Å². The minimum absolute atomic E-state index is 0.0583. The fourth-order valence-corrected chi connectivity index (χ4v) is 2.85. The van der Waals surface area contributed by atoms with E-state index >= 15 is 0 Å². The van der Waals surface area contributed by atoms with Crippen molar-refractivity contribution in [2.75, 3.05) is 17.7 Å². The first-order valence-electron chi connectivity index (χ1n) is 8.74. The minimum Gasteiger partial charge on any atom is -0.504 e. The number of phenolic OH excluding ortho intramolecular Hbond substituents is 1. The van der Waals surface area contributed by atoms with Crippen LogP contribution in [0.5, 0.6) is 11.5 Å². The molecule has 2 aromatic rings. The van der Waals surface area contributed by atoms with Crippen LogP contribution >= 0.6 is 0 Å². The molecule has 0 radical (unpaired) electrons. The molecule has 2 rings (SSSR count). The predicted octanol–water partition coefficient (Wildman–Crippen LogP) is 5.04. The van der Waals surface area contributed by atoms with Gasteiger partial charge >= 0.3 is 6.18 Å². The molecule has 0 aliphatic rings. The highest BCUT2D eigenvalue weighted by Gasteiger charge is 2.35. The lowest BCUT2D eigenvalue weighted by atomic mass is 10.0. The lowest BCUT2D eigenvalue weighted by Crippen LogP contribution is -2.13. The Balaban J connectivity index is 2.69. The number of benzene rings is 2. The summed E-state index contributed by atoms with van der Waals surface area (Å²) in [5, 5.41) is 27.2. The zero-order valence-electron chi connectivity index (χ0n) is 16.6. The number of nitro groups is 1. The van der Waals surface area contributed by atoms with Crippen molar-refractivity contribution in [3.63, 3.8) is 0 Å². The summed E-state index contributed by atoms with van der Waals surface area (Å²) < 4.78 is 44.6. The largest absolute Gasteiger partial charge is 0.504 e. The zero-order chi connectivity index (χ0) is 22.8. The van der Waals surface area contributed by atoms with Crippen LogP contribution in [0.2, 0.25) is 0 Å². The van der Waals surface area contributed by atoms with E-state index in [0.717, 1.165) is 13.2 Å². The van der Waals surface area contributed by atoms with Crippen LogP contribution in [-0.4, -0.2) is 23.0 Å². The molecule has 30 heavy (non-hydrogen) atoms. The van der Waals surface area contributed by atoms with E-state index in [-0.39, 0.29) is 28.9 Å². The van der Waals surface area contributed by atoms with E-state index < -0.39 is 45.4 Å². The lowest BCUT2D eigenvalue weighted by molar-refractivity contribution is -0.384. The van der Waals surface area contributed by atoms with E-state index in [9.17, 15) is 33.2 Å². The molecular formula is C19H20F3N3O5. The maximum absolute atomic E-state index is 13.3. The van der Waals surface area contributed by atoms with E-state index in [0.29, 0.717) is 6.07 Å². The van der Waals surface area contributed by atoms with Crippen LogP contribution in [0.1, 0.15) is 30.0 Å². The third-order valence-electron chi connectivity index (χ3n) is 4.55. The van der Waals surface area contributed by atoms with Crippen LogP contribution in [0, 0.1) is 24.0 Å². The van der Waals surface area contributed by atoms with Crippen molar-refractivity contribution in [2.24, 2.45) is 0 Å². The smallest absolute Gasteiger partial charge is 0.420 e. The number of nitrogens with zero attached hydrogens (tertiary/aromatic N) is 1. The van der Waals surface area contributed by atoms with Gasteiger partial charge in [-0.2, -0.15) is 13.2 Å². The average molecular weight is 427 g/mol. The van der Waals surface area contributed by atoms with Crippen LogP contribution in [0.4, 0.5) is 35.9 Å². The highest BCUT2D eigenvalue weighted by Crippen LogP contribution is 2.47. The normalized spacial score (nSPS) is 11.2. The van der Waals surface area contributed by atoms with Gasteiger partial charge in [0, 0.05) is 17.7 Å². The predicted molar refractivity (Wildman–Crippen MR) is 104 cm³/mol. The summed E-state index contributed by atoms with van der Waals surface area (Å²) >= 11 is 0. The van der Waals surface area contributed by atoms with E-state index in [1.165, 1.54) is 19.9 Å². The van der Waals surface area contributed by atoms with Crippen molar-refractivity contribution >= 4 is 28.7 Å². The van der Waals surface area contributed by atoms with Gasteiger partial charge in [-0.25, -0.2) is 0 Å². The molecule has 0 aliphatic carbocycles. The molecule has 0 heterocycles. The number of rotatable bonds is 6. The molecule has 0 aliphatic heterocycles. The molecule has 0 unspecified atom stereocenters. The van der Waals surface area contributed by atoms with Gasteiger partial charge in [0.15, 0.2) is 11.4 Å². The summed E-state index contributed by atoms with van der Waals surface area (Å²) in [4.78, 5) is 22.7. The van der Waals surface area contributed by atoms with Crippen molar-refractivity contribution in [1.82, 2.24) is 0 Å². The molecule has 0 bridgehead atoms. The number of halogens is 3. The van der Waals surface area contributed by atoms with Crippen molar-refractivity contribution in [1.29, 1.82) is 0 Å². The summed E-state index contributed by atoms with van der Waals surface area (Å²) in [7, 11) is 1.08. The Morgan fingerprint density at radius 2 is 1.87 bits per heavy atom. The van der Waals surface area contributed by atoms with Crippen molar-refractivity contribution in [3.8, 4) is 11.5 Å². The van der Waals surface area contributed by atoms with Crippen LogP contribution in [-0.2, 0) is 11.0 Å². The van der Waals surface area contributed by atoms with Gasteiger partial charge in [0.05, 0.1) is 23.3 Å². The number of nitro benzene ring substituents is 1. The van der Waals surface area contributed by atoms with Gasteiger partial charge in [-0.05, 0) is 37.6 Å². The van der Waals surface area contributed by atoms with Crippen LogP contribution in [0.15, 0.2) is 18.2 Å². The van der Waals surface area contributed by atoms with E-state index in [1.807, 2.05) is 0 Å². The highest BCUT2D eigenvalue weighted by molar-refractivity contribution is 5.97. The first kappa shape index (κ1) is 22.8. The number of nitrogens with one attached hydrogen (secondary N) is 2. The van der Waals surface area contributed by atoms with Crippen molar-refractivity contribution in [3.05, 3.63) is 45.0 Å². The number of phenols is 1. The Hall–Kier alpha value is -3.50. The Kier molecular flexibility index (Phi) is 6.44. The van der Waals surface area contributed by atoms with Gasteiger partial charge in [-0.1, -0.05) is 6.92 Å². The number of carbonyl (C=O) groups is 1. The second kappa shape index (κ2) is 8.47. The lowest BCUT2D eigenvalue weighted by Gasteiger charge is -2.19. The van der Waals surface area contributed by atoms with Gasteiger partial charge in [0.25, 0.3) is 5.69 Å². The Bertz CT molecular complexity index is 1010. The quantitative estimate of drug-likeness (QED) is 0.338. The Morgan fingerprint density at radius 3 is 2.37 bits per heavy atom. The summed E-state index contributed by atoms with van der Waals surface area (Å²) in [5.41, 5.74) is -1.89.